The van der Waals surface area contributed by atoms with Gasteiger partial charge in [-0.25, -0.2) is 4.79 Å². The van der Waals surface area contributed by atoms with E-state index < -0.39 is 11.9 Å². The van der Waals surface area contributed by atoms with E-state index in [1.165, 1.54) is 17.0 Å². The molecular formula is C23H20Cl2N6O3. The van der Waals surface area contributed by atoms with Crippen LogP contribution in [0.4, 0.5) is 10.5 Å². The van der Waals surface area contributed by atoms with Crippen LogP contribution in [0.3, 0.4) is 0 Å². The molecule has 3 aromatic rings. The molecule has 34 heavy (non-hydrogen) atoms. The molecule has 0 saturated carbocycles. The summed E-state index contributed by atoms with van der Waals surface area (Å²) in [6.45, 7) is 3.17. The first-order valence-electron chi connectivity index (χ1n) is 10.4. The van der Waals surface area contributed by atoms with Gasteiger partial charge in [-0.05, 0) is 43.3 Å². The lowest BCUT2D eigenvalue weighted by Crippen LogP contribution is -2.42. The first-order valence-corrected chi connectivity index (χ1v) is 11.1. The molecular weight excluding hydrogens is 479 g/mol. The fourth-order valence-corrected chi connectivity index (χ4v) is 4.22. The molecule has 2 aromatic carbocycles. The van der Waals surface area contributed by atoms with Crippen molar-refractivity contribution >= 4 is 40.8 Å². The second-order valence-corrected chi connectivity index (χ2v) is 8.37. The lowest BCUT2D eigenvalue weighted by Gasteiger charge is -2.26. The van der Waals surface area contributed by atoms with Crippen LogP contribution in [0, 0.1) is 11.3 Å². The van der Waals surface area contributed by atoms with Crippen LogP contribution in [-0.4, -0.2) is 39.8 Å². The van der Waals surface area contributed by atoms with Gasteiger partial charge in [0.25, 0.3) is 5.91 Å². The standard InChI is InChI=1S/C23H20Cl2N6O3/c1-2-34-17-8-14(7-15(24)9-17)21-20(19-12-30(23(27)33)5-6-31(19)29-21)22(32)28-16-4-3-13(11-26)18(25)10-16/h3-4,7-10H,2,5-6,12H2,1H3,(H2,27,33)(H,28,32). The second kappa shape index (κ2) is 9.63. The number of urea groups is 1. The van der Waals surface area contributed by atoms with Crippen LogP contribution < -0.4 is 15.8 Å². The lowest BCUT2D eigenvalue weighted by atomic mass is 10.0. The normalized spacial score (nSPS) is 12.6. The zero-order chi connectivity index (χ0) is 24.4. The van der Waals surface area contributed by atoms with E-state index in [-0.39, 0.29) is 17.1 Å². The third-order valence-electron chi connectivity index (χ3n) is 5.32. The van der Waals surface area contributed by atoms with Crippen molar-refractivity contribution in [3.63, 3.8) is 0 Å². The van der Waals surface area contributed by atoms with Gasteiger partial charge in [-0.1, -0.05) is 23.2 Å². The van der Waals surface area contributed by atoms with E-state index in [4.69, 9.17) is 38.9 Å². The van der Waals surface area contributed by atoms with Crippen molar-refractivity contribution in [2.45, 2.75) is 20.0 Å². The first-order chi connectivity index (χ1) is 16.3. The summed E-state index contributed by atoms with van der Waals surface area (Å²) in [4.78, 5) is 26.8. The molecule has 1 aliphatic rings. The monoisotopic (exact) mass is 498 g/mol. The number of primary amides is 1. The molecule has 4 rings (SSSR count). The number of amides is 3. The highest BCUT2D eigenvalue weighted by Gasteiger charge is 2.30. The van der Waals surface area contributed by atoms with Gasteiger partial charge < -0.3 is 20.7 Å². The lowest BCUT2D eigenvalue weighted by molar-refractivity contribution is 0.102. The van der Waals surface area contributed by atoms with Crippen LogP contribution in [0.2, 0.25) is 10.0 Å². The van der Waals surface area contributed by atoms with Crippen LogP contribution >= 0.6 is 23.2 Å². The minimum atomic E-state index is -0.583. The average molecular weight is 499 g/mol. The van der Waals surface area contributed by atoms with E-state index in [1.54, 1.807) is 28.9 Å². The third-order valence-corrected chi connectivity index (χ3v) is 5.85. The molecule has 1 aromatic heterocycles. The Kier molecular flexibility index (Phi) is 6.63. The third kappa shape index (κ3) is 4.64. The Hall–Kier alpha value is -3.74. The molecule has 0 spiro atoms. The van der Waals surface area contributed by atoms with Crippen molar-refractivity contribution in [2.75, 3.05) is 18.5 Å². The van der Waals surface area contributed by atoms with E-state index >= 15 is 0 Å². The summed E-state index contributed by atoms with van der Waals surface area (Å²) in [6, 6.07) is 11.1. The van der Waals surface area contributed by atoms with Gasteiger partial charge in [0, 0.05) is 22.8 Å². The Labute approximate surface area is 205 Å². The predicted octanol–water partition coefficient (Wildman–Crippen LogP) is 4.27. The van der Waals surface area contributed by atoms with E-state index in [1.807, 2.05) is 13.0 Å². The Bertz CT molecular complexity index is 1330. The van der Waals surface area contributed by atoms with E-state index in [0.717, 1.165) is 0 Å². The SMILES string of the molecule is CCOc1cc(Cl)cc(-c2nn3c(c2C(=O)Nc2ccc(C#N)c(Cl)c2)CN(C(N)=O)CC3)c1. The van der Waals surface area contributed by atoms with Crippen molar-refractivity contribution in [1.82, 2.24) is 14.7 Å². The Morgan fingerprint density at radius 2 is 2.03 bits per heavy atom. The Morgan fingerprint density at radius 3 is 2.71 bits per heavy atom. The average Bonchev–Trinajstić information content (AvgIpc) is 3.18. The summed E-state index contributed by atoms with van der Waals surface area (Å²) in [7, 11) is 0. The zero-order valence-electron chi connectivity index (χ0n) is 18.1. The number of nitrogens with zero attached hydrogens (tertiary/aromatic N) is 4. The molecule has 0 saturated heterocycles. The summed E-state index contributed by atoms with van der Waals surface area (Å²) in [5.74, 6) is 0.0845. The summed E-state index contributed by atoms with van der Waals surface area (Å²) < 4.78 is 7.29. The number of carbonyl (C=O) groups is 2. The van der Waals surface area contributed by atoms with Gasteiger partial charge in [0.1, 0.15) is 17.5 Å². The van der Waals surface area contributed by atoms with E-state index in [2.05, 4.69) is 10.4 Å². The number of aromatic nitrogens is 2. The van der Waals surface area contributed by atoms with Crippen molar-refractivity contribution < 1.29 is 14.3 Å². The zero-order valence-corrected chi connectivity index (χ0v) is 19.7. The van der Waals surface area contributed by atoms with Gasteiger partial charge in [0.2, 0.25) is 0 Å². The summed E-state index contributed by atoms with van der Waals surface area (Å²) in [5.41, 5.74) is 7.98. The highest BCUT2D eigenvalue weighted by molar-refractivity contribution is 6.32. The number of fused-ring (bicyclic) bond motifs is 1. The molecule has 0 fully saturated rings. The maximum absolute atomic E-state index is 13.5. The molecule has 1 aliphatic heterocycles. The fourth-order valence-electron chi connectivity index (χ4n) is 3.77. The summed E-state index contributed by atoms with van der Waals surface area (Å²) >= 11 is 12.4. The molecule has 0 radical (unpaired) electrons. The van der Waals surface area contributed by atoms with Crippen LogP contribution in [0.1, 0.15) is 28.5 Å². The smallest absolute Gasteiger partial charge is 0.315 e. The quantitative estimate of drug-likeness (QED) is 0.542. The molecule has 2 heterocycles. The number of hydrogen-bond acceptors (Lipinski definition) is 5. The molecule has 0 bridgehead atoms. The molecule has 11 heteroatoms. The van der Waals surface area contributed by atoms with Crippen LogP contribution in [0.15, 0.2) is 36.4 Å². The number of anilines is 1. The number of halogens is 2. The van der Waals surface area contributed by atoms with Gasteiger partial charge >= 0.3 is 6.03 Å². The molecule has 0 atom stereocenters. The molecule has 9 nitrogen and oxygen atoms in total. The molecule has 0 aliphatic carbocycles. The largest absolute Gasteiger partial charge is 0.494 e. The Balaban J connectivity index is 1.81. The van der Waals surface area contributed by atoms with Crippen LogP contribution in [0.5, 0.6) is 5.75 Å². The maximum Gasteiger partial charge on any atom is 0.315 e. The number of ether oxygens (including phenoxy) is 1. The summed E-state index contributed by atoms with van der Waals surface area (Å²) in [6.07, 6.45) is 0. The van der Waals surface area contributed by atoms with Crippen LogP contribution in [-0.2, 0) is 13.1 Å². The maximum atomic E-state index is 13.5. The van der Waals surface area contributed by atoms with Crippen molar-refractivity contribution in [1.29, 1.82) is 5.26 Å². The predicted molar refractivity (Wildman–Crippen MR) is 128 cm³/mol. The van der Waals surface area contributed by atoms with Gasteiger partial charge in [-0.2, -0.15) is 10.4 Å². The minimum absolute atomic E-state index is 0.123. The van der Waals surface area contributed by atoms with Crippen molar-refractivity contribution in [3.05, 3.63) is 63.3 Å². The first kappa shape index (κ1) is 23.4. The fraction of sp³-hybridized carbons (Fsp3) is 0.217. The number of hydrogen-bond donors (Lipinski definition) is 2. The van der Waals surface area contributed by atoms with Crippen molar-refractivity contribution in [2.24, 2.45) is 5.73 Å². The minimum Gasteiger partial charge on any atom is -0.494 e. The van der Waals surface area contributed by atoms with E-state index in [0.29, 0.717) is 58.7 Å². The number of rotatable bonds is 5. The molecule has 3 N–H and O–H groups in total. The van der Waals surface area contributed by atoms with Gasteiger partial charge in [-0.3, -0.25) is 9.48 Å². The van der Waals surface area contributed by atoms with Gasteiger partial charge in [0.15, 0.2) is 0 Å². The summed E-state index contributed by atoms with van der Waals surface area (Å²) in [5, 5.41) is 17.2. The van der Waals surface area contributed by atoms with Gasteiger partial charge in [0.05, 0.1) is 41.5 Å². The van der Waals surface area contributed by atoms with Crippen molar-refractivity contribution in [3.8, 4) is 23.1 Å². The number of nitriles is 1. The molecule has 174 valence electrons. The van der Waals surface area contributed by atoms with Crippen LogP contribution in [0.25, 0.3) is 11.3 Å². The molecule has 0 unspecified atom stereocenters. The highest BCUT2D eigenvalue weighted by atomic mass is 35.5. The number of nitrogens with two attached hydrogens (primary N) is 1. The topological polar surface area (TPSA) is 126 Å². The number of nitrogens with one attached hydrogen (secondary N) is 1. The number of carbonyl (C=O) groups excluding carboxylic acids is 2. The number of benzene rings is 2. The second-order valence-electron chi connectivity index (χ2n) is 7.52. The highest BCUT2D eigenvalue weighted by Crippen LogP contribution is 2.34. The van der Waals surface area contributed by atoms with Gasteiger partial charge in [-0.15, -0.1) is 0 Å². The molecule has 3 amide bonds. The van der Waals surface area contributed by atoms with E-state index in [9.17, 15) is 9.59 Å². The Morgan fingerprint density at radius 1 is 1.24 bits per heavy atom.